The van der Waals surface area contributed by atoms with Gasteiger partial charge in [-0.15, -0.1) is 0 Å². The lowest BCUT2D eigenvalue weighted by molar-refractivity contribution is 0.0944. The molecule has 2 aromatic heterocycles. The summed E-state index contributed by atoms with van der Waals surface area (Å²) < 4.78 is 11.8. The second-order valence-corrected chi connectivity index (χ2v) is 5.06. The number of hydrogen-bond donors (Lipinski definition) is 1. The molecule has 1 aromatic carbocycles. The van der Waals surface area contributed by atoms with Crippen LogP contribution in [-0.2, 0) is 6.54 Å². The monoisotopic (exact) mass is 324 g/mol. The summed E-state index contributed by atoms with van der Waals surface area (Å²) in [6, 6.07) is 13.9. The molecule has 0 saturated heterocycles. The van der Waals surface area contributed by atoms with Crippen LogP contribution >= 0.6 is 0 Å². The van der Waals surface area contributed by atoms with Crippen molar-refractivity contribution in [1.82, 2.24) is 9.88 Å². The number of benzene rings is 1. The van der Waals surface area contributed by atoms with Crippen LogP contribution in [0.3, 0.4) is 0 Å². The minimum Gasteiger partial charge on any atom is -0.496 e. The van der Waals surface area contributed by atoms with Gasteiger partial charge in [0, 0.05) is 18.0 Å². The van der Waals surface area contributed by atoms with Gasteiger partial charge >= 0.3 is 0 Å². The number of hydrogen-bond acceptors (Lipinski definition) is 4. The number of rotatable bonds is 5. The first-order valence-corrected chi connectivity index (χ1v) is 7.36. The van der Waals surface area contributed by atoms with Crippen molar-refractivity contribution in [3.63, 3.8) is 0 Å². The lowest BCUT2D eigenvalue weighted by Gasteiger charge is -2.12. The van der Waals surface area contributed by atoms with Crippen molar-refractivity contribution in [3.8, 4) is 11.4 Å². The Hall–Kier alpha value is -3.28. The fourth-order valence-corrected chi connectivity index (χ4v) is 2.32. The highest BCUT2D eigenvalue weighted by Crippen LogP contribution is 2.17. The smallest absolute Gasteiger partial charge is 0.258 e. The maximum absolute atomic E-state index is 12.5. The molecule has 1 N–H and O–H groups in total. The number of pyridine rings is 1. The number of aromatic nitrogens is 1. The molecule has 3 aromatic rings. The summed E-state index contributed by atoms with van der Waals surface area (Å²) in [5.41, 5.74) is 0.665. The molecule has 0 aliphatic heterocycles. The van der Waals surface area contributed by atoms with Crippen molar-refractivity contribution >= 4 is 5.91 Å². The first-order valence-electron chi connectivity index (χ1n) is 7.36. The number of nitrogens with zero attached hydrogens (tertiary/aromatic N) is 1. The minimum absolute atomic E-state index is 0.226. The highest BCUT2D eigenvalue weighted by molar-refractivity contribution is 5.96. The first-order chi connectivity index (χ1) is 11.7. The Balaban J connectivity index is 1.93. The third-order valence-corrected chi connectivity index (χ3v) is 3.52. The Kier molecular flexibility index (Phi) is 4.47. The third kappa shape index (κ3) is 3.22. The van der Waals surface area contributed by atoms with Gasteiger partial charge in [-0.05, 0) is 24.3 Å². The maximum atomic E-state index is 12.5. The minimum atomic E-state index is -0.354. The molecule has 6 nitrogen and oxygen atoms in total. The number of carbonyl (C=O) groups is 1. The SMILES string of the molecule is COc1cc(=O)n(-c2ccccc2)cc1C(=O)NCc1ccco1. The lowest BCUT2D eigenvalue weighted by Crippen LogP contribution is -2.26. The van der Waals surface area contributed by atoms with Crippen LogP contribution in [0.15, 0.2) is 70.2 Å². The van der Waals surface area contributed by atoms with E-state index in [0.717, 1.165) is 0 Å². The molecular formula is C18H16N2O4. The van der Waals surface area contributed by atoms with E-state index < -0.39 is 0 Å². The van der Waals surface area contributed by atoms with Crippen LogP contribution in [0.4, 0.5) is 0 Å². The van der Waals surface area contributed by atoms with Crippen molar-refractivity contribution in [2.45, 2.75) is 6.54 Å². The summed E-state index contributed by atoms with van der Waals surface area (Å²) >= 11 is 0. The topological polar surface area (TPSA) is 73.5 Å². The Labute approximate surface area is 138 Å². The van der Waals surface area contributed by atoms with Gasteiger partial charge in [-0.25, -0.2) is 0 Å². The third-order valence-electron chi connectivity index (χ3n) is 3.52. The average Bonchev–Trinajstić information content (AvgIpc) is 3.13. The summed E-state index contributed by atoms with van der Waals surface area (Å²) in [5.74, 6) is 0.510. The highest BCUT2D eigenvalue weighted by atomic mass is 16.5. The molecule has 1 amide bonds. The van der Waals surface area contributed by atoms with Gasteiger partial charge < -0.3 is 14.5 Å². The van der Waals surface area contributed by atoms with Crippen LogP contribution in [0, 0.1) is 0 Å². The van der Waals surface area contributed by atoms with E-state index in [2.05, 4.69) is 5.32 Å². The largest absolute Gasteiger partial charge is 0.496 e. The van der Waals surface area contributed by atoms with Crippen LogP contribution in [-0.4, -0.2) is 17.6 Å². The zero-order valence-electron chi connectivity index (χ0n) is 13.1. The number of carbonyl (C=O) groups excluding carboxylic acids is 1. The summed E-state index contributed by atoms with van der Waals surface area (Å²) in [5, 5.41) is 2.75. The molecule has 0 spiro atoms. The lowest BCUT2D eigenvalue weighted by atomic mass is 10.2. The Bertz CT molecular complexity index is 883. The summed E-state index contributed by atoms with van der Waals surface area (Å²) in [6.45, 7) is 0.249. The fourth-order valence-electron chi connectivity index (χ4n) is 2.32. The van der Waals surface area contributed by atoms with Crippen molar-refractivity contribution in [1.29, 1.82) is 0 Å². The van der Waals surface area contributed by atoms with Gasteiger partial charge in [0.1, 0.15) is 11.5 Å². The van der Waals surface area contributed by atoms with E-state index >= 15 is 0 Å². The number of furan rings is 1. The van der Waals surface area contributed by atoms with E-state index in [1.54, 1.807) is 24.3 Å². The number of methoxy groups -OCH3 is 1. The zero-order chi connectivity index (χ0) is 16.9. The van der Waals surface area contributed by atoms with Crippen LogP contribution in [0.1, 0.15) is 16.1 Å². The number of nitrogens with one attached hydrogen (secondary N) is 1. The molecule has 0 bridgehead atoms. The molecule has 24 heavy (non-hydrogen) atoms. The van der Waals surface area contributed by atoms with Gasteiger partial charge in [0.05, 0.1) is 25.5 Å². The van der Waals surface area contributed by atoms with Crippen molar-refractivity contribution in [2.75, 3.05) is 7.11 Å². The van der Waals surface area contributed by atoms with E-state index in [0.29, 0.717) is 11.4 Å². The molecule has 0 saturated carbocycles. The van der Waals surface area contributed by atoms with Gasteiger partial charge in [0.2, 0.25) is 0 Å². The molecule has 0 unspecified atom stereocenters. The molecule has 0 aliphatic rings. The van der Waals surface area contributed by atoms with Crippen LogP contribution in [0.2, 0.25) is 0 Å². The van der Waals surface area contributed by atoms with Gasteiger partial charge in [0.25, 0.3) is 11.5 Å². The number of para-hydroxylation sites is 1. The molecular weight excluding hydrogens is 308 g/mol. The van der Waals surface area contributed by atoms with E-state index in [9.17, 15) is 9.59 Å². The Morgan fingerprint density at radius 3 is 2.67 bits per heavy atom. The van der Waals surface area contributed by atoms with Crippen LogP contribution in [0.5, 0.6) is 5.75 Å². The van der Waals surface area contributed by atoms with E-state index in [1.807, 2.05) is 18.2 Å². The standard InChI is InChI=1S/C18H16N2O4/c1-23-16-10-17(21)20(13-6-3-2-4-7-13)12-15(16)18(22)19-11-14-8-5-9-24-14/h2-10,12H,11H2,1H3,(H,19,22). The predicted octanol–water partition coefficient (Wildman–Crippen LogP) is 2.37. The van der Waals surface area contributed by atoms with Gasteiger partial charge in [-0.3, -0.25) is 14.2 Å². The first kappa shape index (κ1) is 15.6. The van der Waals surface area contributed by atoms with Gasteiger partial charge in [-0.2, -0.15) is 0 Å². The molecule has 6 heteroatoms. The molecule has 3 rings (SSSR count). The van der Waals surface area contributed by atoms with Gasteiger partial charge in [-0.1, -0.05) is 18.2 Å². The van der Waals surface area contributed by atoms with Crippen molar-refractivity contribution in [3.05, 3.63) is 82.7 Å². The summed E-state index contributed by atoms with van der Waals surface area (Å²) in [4.78, 5) is 24.7. The number of amides is 1. The second-order valence-electron chi connectivity index (χ2n) is 5.06. The second kappa shape index (κ2) is 6.87. The molecule has 0 radical (unpaired) electrons. The number of ether oxygens (including phenoxy) is 1. The Morgan fingerprint density at radius 2 is 2.00 bits per heavy atom. The highest BCUT2D eigenvalue weighted by Gasteiger charge is 2.16. The fraction of sp³-hybridized carbons (Fsp3) is 0.111. The Morgan fingerprint density at radius 1 is 1.21 bits per heavy atom. The van der Waals surface area contributed by atoms with Crippen LogP contribution < -0.4 is 15.6 Å². The summed E-state index contributed by atoms with van der Waals surface area (Å²) in [7, 11) is 1.42. The van der Waals surface area contributed by atoms with Crippen LogP contribution in [0.25, 0.3) is 5.69 Å². The maximum Gasteiger partial charge on any atom is 0.258 e. The van der Waals surface area contributed by atoms with Gasteiger partial charge in [0.15, 0.2) is 0 Å². The van der Waals surface area contributed by atoms with E-state index in [4.69, 9.17) is 9.15 Å². The average molecular weight is 324 g/mol. The predicted molar refractivity (Wildman–Crippen MR) is 88.5 cm³/mol. The quantitative estimate of drug-likeness (QED) is 0.782. The molecule has 0 aliphatic carbocycles. The van der Waals surface area contributed by atoms with E-state index in [-0.39, 0.29) is 29.3 Å². The molecule has 0 atom stereocenters. The molecule has 0 fully saturated rings. The normalized spacial score (nSPS) is 10.4. The van der Waals surface area contributed by atoms with E-state index in [1.165, 1.54) is 30.2 Å². The van der Waals surface area contributed by atoms with Crippen molar-refractivity contribution in [2.24, 2.45) is 0 Å². The molecule has 2 heterocycles. The zero-order valence-corrected chi connectivity index (χ0v) is 13.1. The molecule has 122 valence electrons. The van der Waals surface area contributed by atoms with Crippen molar-refractivity contribution < 1.29 is 13.9 Å². The summed E-state index contributed by atoms with van der Waals surface area (Å²) in [6.07, 6.45) is 3.02.